The Labute approximate surface area is 140 Å². The summed E-state index contributed by atoms with van der Waals surface area (Å²) in [5.41, 5.74) is 3.79. The van der Waals surface area contributed by atoms with Gasteiger partial charge in [-0.2, -0.15) is 0 Å². The zero-order valence-corrected chi connectivity index (χ0v) is 14.4. The minimum atomic E-state index is 0.872. The number of hydrogen-bond donors (Lipinski definition) is 0. The van der Waals surface area contributed by atoms with Crippen LogP contribution in [-0.2, 0) is 0 Å². The van der Waals surface area contributed by atoms with Gasteiger partial charge in [-0.05, 0) is 49.1 Å². The summed E-state index contributed by atoms with van der Waals surface area (Å²) in [5, 5.41) is 0. The van der Waals surface area contributed by atoms with Crippen LogP contribution in [-0.4, -0.2) is 0 Å². The Kier molecular flexibility index (Phi) is 6.68. The minimum Gasteiger partial charge on any atom is -0.457 e. The molecule has 0 spiro atoms. The van der Waals surface area contributed by atoms with E-state index in [0.717, 1.165) is 29.9 Å². The highest BCUT2D eigenvalue weighted by atomic mass is 16.5. The first-order chi connectivity index (χ1) is 11.3. The van der Waals surface area contributed by atoms with Crippen molar-refractivity contribution in [2.45, 2.75) is 40.0 Å². The first-order valence-electron chi connectivity index (χ1n) is 8.47. The molecule has 2 aromatic carbocycles. The molecule has 0 saturated carbocycles. The Morgan fingerprint density at radius 2 is 1.74 bits per heavy atom. The molecule has 2 rings (SSSR count). The quantitative estimate of drug-likeness (QED) is 0.529. The van der Waals surface area contributed by atoms with Gasteiger partial charge in [-0.1, -0.05) is 68.8 Å². The molecule has 0 bridgehead atoms. The number of benzene rings is 2. The predicted molar refractivity (Wildman–Crippen MR) is 101 cm³/mol. The number of ether oxygens (including phenoxy) is 1. The third-order valence-electron chi connectivity index (χ3n) is 3.78. The largest absolute Gasteiger partial charge is 0.457 e. The SMILES string of the molecule is C/C=C/c1ccccc1Oc1ccc(/C(=C/CCC)CC)cc1. The average molecular weight is 306 g/mol. The summed E-state index contributed by atoms with van der Waals surface area (Å²) in [6, 6.07) is 16.5. The summed E-state index contributed by atoms with van der Waals surface area (Å²) >= 11 is 0. The highest BCUT2D eigenvalue weighted by molar-refractivity contribution is 5.66. The molecule has 0 unspecified atom stereocenters. The van der Waals surface area contributed by atoms with Crippen LogP contribution in [0.25, 0.3) is 11.6 Å². The van der Waals surface area contributed by atoms with Gasteiger partial charge in [-0.25, -0.2) is 0 Å². The van der Waals surface area contributed by atoms with Crippen molar-refractivity contribution >= 4 is 11.6 Å². The normalized spacial score (nSPS) is 11.9. The molecule has 0 radical (unpaired) electrons. The lowest BCUT2D eigenvalue weighted by Crippen LogP contribution is -1.89. The van der Waals surface area contributed by atoms with E-state index in [9.17, 15) is 0 Å². The molecule has 1 nitrogen and oxygen atoms in total. The topological polar surface area (TPSA) is 9.23 Å². The van der Waals surface area contributed by atoms with Crippen molar-refractivity contribution in [1.82, 2.24) is 0 Å². The van der Waals surface area contributed by atoms with Crippen molar-refractivity contribution < 1.29 is 4.74 Å². The molecule has 120 valence electrons. The molecule has 0 N–H and O–H groups in total. The van der Waals surface area contributed by atoms with E-state index in [-0.39, 0.29) is 0 Å². The molecule has 0 heterocycles. The Balaban J connectivity index is 2.17. The maximum absolute atomic E-state index is 6.04. The fourth-order valence-corrected chi connectivity index (χ4v) is 2.54. The van der Waals surface area contributed by atoms with Crippen LogP contribution in [0.5, 0.6) is 11.5 Å². The first kappa shape index (κ1) is 17.1. The van der Waals surface area contributed by atoms with E-state index in [1.807, 2.05) is 31.2 Å². The fraction of sp³-hybridized carbons (Fsp3) is 0.273. The lowest BCUT2D eigenvalue weighted by Gasteiger charge is -2.10. The molecule has 0 aliphatic carbocycles. The molecule has 0 atom stereocenters. The van der Waals surface area contributed by atoms with Crippen molar-refractivity contribution in [2.75, 3.05) is 0 Å². The van der Waals surface area contributed by atoms with Gasteiger partial charge in [-0.15, -0.1) is 0 Å². The maximum Gasteiger partial charge on any atom is 0.134 e. The van der Waals surface area contributed by atoms with E-state index in [1.165, 1.54) is 17.6 Å². The third kappa shape index (κ3) is 4.85. The molecule has 0 saturated heterocycles. The molecule has 0 aromatic heterocycles. The Bertz CT molecular complexity index is 663. The van der Waals surface area contributed by atoms with Crippen LogP contribution in [0, 0.1) is 0 Å². The summed E-state index contributed by atoms with van der Waals surface area (Å²) in [4.78, 5) is 0. The van der Waals surface area contributed by atoms with E-state index < -0.39 is 0 Å². The van der Waals surface area contributed by atoms with E-state index in [2.05, 4.69) is 56.3 Å². The second-order valence-electron chi connectivity index (χ2n) is 5.54. The average Bonchev–Trinajstić information content (AvgIpc) is 2.59. The third-order valence-corrected chi connectivity index (χ3v) is 3.78. The maximum atomic E-state index is 6.04. The summed E-state index contributed by atoms with van der Waals surface area (Å²) in [7, 11) is 0. The van der Waals surface area contributed by atoms with Crippen LogP contribution in [0.1, 0.15) is 51.2 Å². The van der Waals surface area contributed by atoms with Crippen LogP contribution >= 0.6 is 0 Å². The van der Waals surface area contributed by atoms with Crippen LogP contribution in [0.2, 0.25) is 0 Å². The number of unbranched alkanes of at least 4 members (excludes halogenated alkanes) is 1. The van der Waals surface area contributed by atoms with Crippen molar-refractivity contribution in [2.24, 2.45) is 0 Å². The van der Waals surface area contributed by atoms with E-state index in [0.29, 0.717) is 0 Å². The van der Waals surface area contributed by atoms with Gasteiger partial charge in [0.1, 0.15) is 11.5 Å². The first-order valence-corrected chi connectivity index (χ1v) is 8.47. The van der Waals surface area contributed by atoms with Gasteiger partial charge in [0.05, 0.1) is 0 Å². The van der Waals surface area contributed by atoms with Gasteiger partial charge < -0.3 is 4.74 Å². The van der Waals surface area contributed by atoms with Crippen LogP contribution < -0.4 is 4.74 Å². The molecule has 1 heteroatoms. The van der Waals surface area contributed by atoms with Crippen LogP contribution in [0.15, 0.2) is 60.7 Å². The molecule has 0 fully saturated rings. The van der Waals surface area contributed by atoms with Crippen molar-refractivity contribution in [3.05, 3.63) is 71.8 Å². The Morgan fingerprint density at radius 1 is 1.00 bits per heavy atom. The monoisotopic (exact) mass is 306 g/mol. The van der Waals surface area contributed by atoms with Gasteiger partial charge >= 0.3 is 0 Å². The molecule has 2 aromatic rings. The molecule has 23 heavy (non-hydrogen) atoms. The Morgan fingerprint density at radius 3 is 2.39 bits per heavy atom. The van der Waals surface area contributed by atoms with Crippen molar-refractivity contribution in [3.63, 3.8) is 0 Å². The summed E-state index contributed by atoms with van der Waals surface area (Å²) in [6.45, 7) is 6.43. The molecule has 0 amide bonds. The molecule has 0 aliphatic heterocycles. The lowest BCUT2D eigenvalue weighted by atomic mass is 10.0. The van der Waals surface area contributed by atoms with Gasteiger partial charge in [0.2, 0.25) is 0 Å². The summed E-state index contributed by atoms with van der Waals surface area (Å²) < 4.78 is 6.04. The number of hydrogen-bond acceptors (Lipinski definition) is 1. The highest BCUT2D eigenvalue weighted by Crippen LogP contribution is 2.28. The second-order valence-corrected chi connectivity index (χ2v) is 5.54. The molecule has 0 aliphatic rings. The van der Waals surface area contributed by atoms with Gasteiger partial charge in [0.25, 0.3) is 0 Å². The van der Waals surface area contributed by atoms with Gasteiger partial charge in [0.15, 0.2) is 0 Å². The van der Waals surface area contributed by atoms with E-state index >= 15 is 0 Å². The Hall–Kier alpha value is -2.28. The van der Waals surface area contributed by atoms with E-state index in [4.69, 9.17) is 4.74 Å². The second kappa shape index (κ2) is 8.99. The minimum absolute atomic E-state index is 0.872. The fourth-order valence-electron chi connectivity index (χ4n) is 2.54. The van der Waals surface area contributed by atoms with Crippen LogP contribution in [0.4, 0.5) is 0 Å². The zero-order valence-electron chi connectivity index (χ0n) is 14.4. The summed E-state index contributed by atoms with van der Waals surface area (Å²) in [6.07, 6.45) is 9.82. The zero-order chi connectivity index (χ0) is 16.5. The summed E-state index contributed by atoms with van der Waals surface area (Å²) in [5.74, 6) is 1.76. The lowest BCUT2D eigenvalue weighted by molar-refractivity contribution is 0.481. The number of rotatable bonds is 7. The standard InChI is InChI=1S/C22H26O/c1-4-7-11-18(6-3)19-14-16-21(17-15-19)23-22-13-9-8-12-20(22)10-5-2/h5,8-17H,4,6-7H2,1-3H3/b10-5+,18-11+. The van der Waals surface area contributed by atoms with Gasteiger partial charge in [-0.3, -0.25) is 0 Å². The van der Waals surface area contributed by atoms with Crippen LogP contribution in [0.3, 0.4) is 0 Å². The number of allylic oxidation sites excluding steroid dienone is 3. The van der Waals surface area contributed by atoms with Gasteiger partial charge in [0, 0.05) is 5.56 Å². The molecular formula is C22H26O. The predicted octanol–water partition coefficient (Wildman–Crippen LogP) is 7.11. The van der Waals surface area contributed by atoms with E-state index in [1.54, 1.807) is 0 Å². The molecular weight excluding hydrogens is 280 g/mol. The number of para-hydroxylation sites is 1. The van der Waals surface area contributed by atoms with Crippen molar-refractivity contribution in [3.8, 4) is 11.5 Å². The van der Waals surface area contributed by atoms with Crippen molar-refractivity contribution in [1.29, 1.82) is 0 Å². The smallest absolute Gasteiger partial charge is 0.134 e. The highest BCUT2D eigenvalue weighted by Gasteiger charge is 2.03.